The van der Waals surface area contributed by atoms with Crippen LogP contribution >= 0.6 is 0 Å². The fourth-order valence-corrected chi connectivity index (χ4v) is 1.46. The highest BCUT2D eigenvalue weighted by Gasteiger charge is 2.29. The number of ether oxygens (including phenoxy) is 2. The summed E-state index contributed by atoms with van der Waals surface area (Å²) in [6.45, 7) is 8.48. The molecule has 5 heteroatoms. The van der Waals surface area contributed by atoms with Gasteiger partial charge in [-0.3, -0.25) is 0 Å². The zero-order valence-electron chi connectivity index (χ0n) is 10.4. The van der Waals surface area contributed by atoms with Gasteiger partial charge in [0.05, 0.1) is 19.3 Å². The minimum Gasteiger partial charge on any atom is -0.444 e. The molecule has 5 nitrogen and oxygen atoms in total. The maximum Gasteiger partial charge on any atom is 0.410 e. The van der Waals surface area contributed by atoms with Crippen LogP contribution in [0.3, 0.4) is 0 Å². The molecule has 1 aliphatic rings. The molecule has 1 unspecified atom stereocenters. The van der Waals surface area contributed by atoms with Crippen molar-refractivity contribution in [1.82, 2.24) is 4.90 Å². The fraction of sp³-hybridized carbons (Fsp3) is 0.909. The SMILES string of the molecule is C[C@H](O)C1CN(C(=O)OC(C)(C)C)CCO1. The minimum absolute atomic E-state index is 0.318. The molecule has 0 spiro atoms. The third-order valence-corrected chi connectivity index (χ3v) is 2.28. The molecule has 16 heavy (non-hydrogen) atoms. The van der Waals surface area contributed by atoms with E-state index in [1.165, 1.54) is 0 Å². The Kier molecular flexibility index (Phi) is 4.15. The third kappa shape index (κ3) is 3.98. The van der Waals surface area contributed by atoms with Crippen molar-refractivity contribution < 1.29 is 19.4 Å². The highest BCUT2D eigenvalue weighted by molar-refractivity contribution is 5.68. The summed E-state index contributed by atoms with van der Waals surface area (Å²) in [6.07, 6.45) is -1.24. The molecule has 1 heterocycles. The highest BCUT2D eigenvalue weighted by atomic mass is 16.6. The van der Waals surface area contributed by atoms with E-state index in [1.807, 2.05) is 20.8 Å². The van der Waals surface area contributed by atoms with Crippen LogP contribution in [0.15, 0.2) is 0 Å². The van der Waals surface area contributed by atoms with Crippen molar-refractivity contribution in [2.45, 2.75) is 45.5 Å². The average molecular weight is 231 g/mol. The van der Waals surface area contributed by atoms with Gasteiger partial charge in [-0.25, -0.2) is 4.79 Å². The second-order valence-electron chi connectivity index (χ2n) is 5.08. The van der Waals surface area contributed by atoms with E-state index in [-0.39, 0.29) is 12.2 Å². The van der Waals surface area contributed by atoms with Gasteiger partial charge in [0.1, 0.15) is 11.7 Å². The first-order valence-corrected chi connectivity index (χ1v) is 5.57. The van der Waals surface area contributed by atoms with Crippen molar-refractivity contribution in [3.05, 3.63) is 0 Å². The monoisotopic (exact) mass is 231 g/mol. The zero-order chi connectivity index (χ0) is 12.3. The lowest BCUT2D eigenvalue weighted by molar-refractivity contribution is -0.0841. The highest BCUT2D eigenvalue weighted by Crippen LogP contribution is 2.14. The number of aliphatic hydroxyl groups is 1. The Balaban J connectivity index is 2.50. The molecule has 1 saturated heterocycles. The molecule has 1 N–H and O–H groups in total. The molecule has 0 aromatic carbocycles. The minimum atomic E-state index is -0.578. The number of aliphatic hydroxyl groups excluding tert-OH is 1. The van der Waals surface area contributed by atoms with Gasteiger partial charge >= 0.3 is 6.09 Å². The lowest BCUT2D eigenvalue weighted by Crippen LogP contribution is -2.50. The van der Waals surface area contributed by atoms with Gasteiger partial charge in [-0.05, 0) is 27.7 Å². The Morgan fingerprint density at radius 1 is 1.56 bits per heavy atom. The van der Waals surface area contributed by atoms with Crippen LogP contribution in [0.5, 0.6) is 0 Å². The quantitative estimate of drug-likeness (QED) is 0.731. The zero-order valence-corrected chi connectivity index (χ0v) is 10.4. The molecule has 0 aromatic heterocycles. The molecule has 1 amide bonds. The molecule has 0 aromatic rings. The van der Waals surface area contributed by atoms with Crippen LogP contribution in [0, 0.1) is 0 Å². The summed E-state index contributed by atoms with van der Waals surface area (Å²) in [6, 6.07) is 0. The van der Waals surface area contributed by atoms with Crippen LogP contribution in [-0.2, 0) is 9.47 Å². The van der Waals surface area contributed by atoms with E-state index in [0.29, 0.717) is 19.7 Å². The predicted octanol–water partition coefficient (Wildman–Crippen LogP) is 1.00. The Morgan fingerprint density at radius 2 is 2.19 bits per heavy atom. The number of carbonyl (C=O) groups excluding carboxylic acids is 1. The maximum atomic E-state index is 11.7. The topological polar surface area (TPSA) is 59.0 Å². The molecule has 2 atom stereocenters. The van der Waals surface area contributed by atoms with Crippen molar-refractivity contribution in [3.8, 4) is 0 Å². The lowest BCUT2D eigenvalue weighted by atomic mass is 10.2. The van der Waals surface area contributed by atoms with Crippen molar-refractivity contribution >= 4 is 6.09 Å². The largest absolute Gasteiger partial charge is 0.444 e. The van der Waals surface area contributed by atoms with Gasteiger partial charge < -0.3 is 19.5 Å². The molecule has 1 rings (SSSR count). The summed E-state index contributed by atoms with van der Waals surface area (Å²) in [4.78, 5) is 13.3. The molecule has 94 valence electrons. The number of morpholine rings is 1. The van der Waals surface area contributed by atoms with Gasteiger partial charge in [-0.1, -0.05) is 0 Å². The van der Waals surface area contributed by atoms with Crippen LogP contribution in [0.25, 0.3) is 0 Å². The van der Waals surface area contributed by atoms with Crippen LogP contribution < -0.4 is 0 Å². The van der Waals surface area contributed by atoms with E-state index in [2.05, 4.69) is 0 Å². The fourth-order valence-electron chi connectivity index (χ4n) is 1.46. The molecular formula is C11H21NO4. The first-order chi connectivity index (χ1) is 7.29. The van der Waals surface area contributed by atoms with E-state index in [1.54, 1.807) is 11.8 Å². The number of hydrogen-bond acceptors (Lipinski definition) is 4. The molecule has 0 saturated carbocycles. The van der Waals surface area contributed by atoms with E-state index in [0.717, 1.165) is 0 Å². The smallest absolute Gasteiger partial charge is 0.410 e. The summed E-state index contributed by atoms with van der Waals surface area (Å²) in [5.74, 6) is 0. The number of hydrogen-bond donors (Lipinski definition) is 1. The Bertz CT molecular complexity index is 247. The normalized spacial score (nSPS) is 24.1. The molecular weight excluding hydrogens is 210 g/mol. The number of rotatable bonds is 1. The Morgan fingerprint density at radius 3 is 2.69 bits per heavy atom. The van der Waals surface area contributed by atoms with Crippen LogP contribution in [-0.4, -0.2) is 53.6 Å². The lowest BCUT2D eigenvalue weighted by Gasteiger charge is -2.35. The van der Waals surface area contributed by atoms with Crippen LogP contribution in [0.4, 0.5) is 4.79 Å². The summed E-state index contributed by atoms with van der Waals surface area (Å²) < 4.78 is 10.6. The summed E-state index contributed by atoms with van der Waals surface area (Å²) >= 11 is 0. The molecule has 0 radical (unpaired) electrons. The molecule has 1 fully saturated rings. The first-order valence-electron chi connectivity index (χ1n) is 5.57. The first kappa shape index (κ1) is 13.3. The average Bonchev–Trinajstić information content (AvgIpc) is 2.15. The van der Waals surface area contributed by atoms with E-state index < -0.39 is 11.7 Å². The van der Waals surface area contributed by atoms with Crippen LogP contribution in [0.1, 0.15) is 27.7 Å². The van der Waals surface area contributed by atoms with Gasteiger partial charge in [0.2, 0.25) is 0 Å². The van der Waals surface area contributed by atoms with Gasteiger partial charge in [-0.15, -0.1) is 0 Å². The summed E-state index contributed by atoms with van der Waals surface area (Å²) in [5, 5.41) is 9.41. The second-order valence-corrected chi connectivity index (χ2v) is 5.08. The Hall–Kier alpha value is -0.810. The van der Waals surface area contributed by atoms with Crippen molar-refractivity contribution in [2.75, 3.05) is 19.7 Å². The van der Waals surface area contributed by atoms with E-state index in [9.17, 15) is 9.90 Å². The molecule has 1 aliphatic heterocycles. The standard InChI is InChI=1S/C11H21NO4/c1-8(13)9-7-12(5-6-15-9)10(14)16-11(2,3)4/h8-9,13H,5-7H2,1-4H3/t8-,9?/m0/s1. The summed E-state index contributed by atoms with van der Waals surface area (Å²) in [7, 11) is 0. The van der Waals surface area contributed by atoms with Gasteiger partial charge in [0, 0.05) is 6.54 Å². The van der Waals surface area contributed by atoms with Crippen molar-refractivity contribution in [2.24, 2.45) is 0 Å². The summed E-state index contributed by atoms with van der Waals surface area (Å²) in [5.41, 5.74) is -0.490. The number of nitrogens with zero attached hydrogens (tertiary/aromatic N) is 1. The Labute approximate surface area is 96.3 Å². The van der Waals surface area contributed by atoms with Gasteiger partial charge in [-0.2, -0.15) is 0 Å². The maximum absolute atomic E-state index is 11.7. The molecule has 0 aliphatic carbocycles. The number of amides is 1. The van der Waals surface area contributed by atoms with E-state index >= 15 is 0 Å². The predicted molar refractivity (Wildman–Crippen MR) is 59.2 cm³/mol. The molecule has 0 bridgehead atoms. The van der Waals surface area contributed by atoms with Crippen LogP contribution in [0.2, 0.25) is 0 Å². The number of carbonyl (C=O) groups is 1. The van der Waals surface area contributed by atoms with E-state index in [4.69, 9.17) is 9.47 Å². The van der Waals surface area contributed by atoms with Gasteiger partial charge in [0.15, 0.2) is 0 Å². The third-order valence-electron chi connectivity index (χ3n) is 2.28. The van der Waals surface area contributed by atoms with Gasteiger partial charge in [0.25, 0.3) is 0 Å². The second kappa shape index (κ2) is 5.01. The van der Waals surface area contributed by atoms with Crippen molar-refractivity contribution in [1.29, 1.82) is 0 Å². The van der Waals surface area contributed by atoms with Crippen molar-refractivity contribution in [3.63, 3.8) is 0 Å².